The minimum Gasteiger partial charge on any atom is -0.324 e. The molecule has 1 fully saturated rings. The molecule has 108 valence electrons. The fourth-order valence-corrected chi connectivity index (χ4v) is 3.05. The molecule has 1 aromatic carbocycles. The highest BCUT2D eigenvalue weighted by Crippen LogP contribution is 2.25. The molecule has 1 aliphatic rings. The molecule has 20 heavy (non-hydrogen) atoms. The number of hydrogen-bond donors (Lipinski definition) is 1. The summed E-state index contributed by atoms with van der Waals surface area (Å²) in [6.45, 7) is 1.80. The zero-order chi connectivity index (χ0) is 14.5. The fraction of sp³-hybridized carbons (Fsp3) is 0.429. The molecular formula is C14H16BrClN2O2. The smallest absolute Gasteiger partial charge is 0.238 e. The first kappa shape index (κ1) is 15.5. The summed E-state index contributed by atoms with van der Waals surface area (Å²) in [5.41, 5.74) is 0.601. The minimum absolute atomic E-state index is 0.0489. The Kier molecular flexibility index (Phi) is 5.57. The van der Waals surface area contributed by atoms with Crippen LogP contribution in [0.1, 0.15) is 12.8 Å². The van der Waals surface area contributed by atoms with Crippen molar-refractivity contribution in [3.63, 3.8) is 0 Å². The van der Waals surface area contributed by atoms with Crippen LogP contribution < -0.4 is 5.32 Å². The number of nitrogens with one attached hydrogen (secondary N) is 1. The lowest BCUT2D eigenvalue weighted by atomic mass is 10.00. The van der Waals surface area contributed by atoms with Gasteiger partial charge >= 0.3 is 0 Å². The van der Waals surface area contributed by atoms with Crippen LogP contribution in [0.15, 0.2) is 22.7 Å². The van der Waals surface area contributed by atoms with E-state index in [-0.39, 0.29) is 18.4 Å². The average Bonchev–Trinajstić information content (AvgIpc) is 2.42. The van der Waals surface area contributed by atoms with Crippen LogP contribution in [0.25, 0.3) is 0 Å². The average molecular weight is 360 g/mol. The lowest BCUT2D eigenvalue weighted by Gasteiger charge is -2.29. The van der Waals surface area contributed by atoms with Gasteiger partial charge in [0.2, 0.25) is 5.91 Å². The topological polar surface area (TPSA) is 49.4 Å². The monoisotopic (exact) mass is 358 g/mol. The van der Waals surface area contributed by atoms with Crippen LogP contribution in [-0.4, -0.2) is 36.7 Å². The van der Waals surface area contributed by atoms with Gasteiger partial charge in [0.1, 0.15) is 6.29 Å². The highest BCUT2D eigenvalue weighted by atomic mass is 79.9. The van der Waals surface area contributed by atoms with Gasteiger partial charge in [-0.1, -0.05) is 27.5 Å². The number of rotatable bonds is 4. The second-order valence-corrected chi connectivity index (χ2v) is 6.27. The number of carbonyl (C=O) groups excluding carboxylic acids is 2. The number of halogens is 2. The third-order valence-electron chi connectivity index (χ3n) is 3.31. The van der Waals surface area contributed by atoms with Gasteiger partial charge in [-0.3, -0.25) is 9.69 Å². The van der Waals surface area contributed by atoms with E-state index in [1.54, 1.807) is 12.1 Å². The number of benzene rings is 1. The van der Waals surface area contributed by atoms with Crippen molar-refractivity contribution >= 4 is 45.4 Å². The number of anilines is 1. The Hall–Kier alpha value is -0.910. The van der Waals surface area contributed by atoms with Crippen molar-refractivity contribution in [3.8, 4) is 0 Å². The number of carbonyl (C=O) groups is 2. The molecule has 1 unspecified atom stereocenters. The summed E-state index contributed by atoms with van der Waals surface area (Å²) >= 11 is 9.38. The van der Waals surface area contributed by atoms with E-state index in [4.69, 9.17) is 11.6 Å². The van der Waals surface area contributed by atoms with Crippen LogP contribution in [0, 0.1) is 5.92 Å². The van der Waals surface area contributed by atoms with Gasteiger partial charge in [-0.05, 0) is 37.6 Å². The quantitative estimate of drug-likeness (QED) is 0.841. The molecule has 0 aromatic heterocycles. The zero-order valence-electron chi connectivity index (χ0n) is 10.9. The summed E-state index contributed by atoms with van der Waals surface area (Å²) in [5.74, 6) is -0.0615. The van der Waals surface area contributed by atoms with Gasteiger partial charge in [-0.25, -0.2) is 0 Å². The standard InChI is InChI=1S/C14H16BrClN2O2/c15-11-3-4-13(12(16)6-11)17-14(20)8-18-5-1-2-10(7-18)9-19/h3-4,6,9-10H,1-2,5,7-8H2,(H,17,20). The van der Waals surface area contributed by atoms with Crippen LogP contribution in [-0.2, 0) is 9.59 Å². The Bertz CT molecular complexity index is 510. The number of aldehydes is 1. The number of nitrogens with zero attached hydrogens (tertiary/aromatic N) is 1. The Morgan fingerprint density at radius 1 is 1.55 bits per heavy atom. The van der Waals surface area contributed by atoms with Gasteiger partial charge < -0.3 is 10.1 Å². The van der Waals surface area contributed by atoms with Gasteiger partial charge in [0.05, 0.1) is 17.3 Å². The van der Waals surface area contributed by atoms with Crippen LogP contribution in [0.5, 0.6) is 0 Å². The van der Waals surface area contributed by atoms with Crippen molar-refractivity contribution in [2.45, 2.75) is 12.8 Å². The number of piperidine rings is 1. The molecule has 1 aliphatic heterocycles. The molecule has 1 N–H and O–H groups in total. The number of likely N-dealkylation sites (tertiary alicyclic amines) is 1. The van der Waals surface area contributed by atoms with E-state index in [1.807, 2.05) is 11.0 Å². The first-order valence-corrected chi connectivity index (χ1v) is 7.68. The predicted molar refractivity (Wildman–Crippen MR) is 83.0 cm³/mol. The van der Waals surface area contributed by atoms with Gasteiger partial charge in [-0.2, -0.15) is 0 Å². The molecule has 0 spiro atoms. The summed E-state index contributed by atoms with van der Waals surface area (Å²) in [6.07, 6.45) is 2.85. The van der Waals surface area contributed by atoms with Crippen molar-refractivity contribution in [1.82, 2.24) is 4.90 Å². The SMILES string of the molecule is O=CC1CCCN(CC(=O)Nc2ccc(Br)cc2Cl)C1. The first-order valence-electron chi connectivity index (χ1n) is 6.51. The molecule has 1 amide bonds. The Balaban J connectivity index is 1.90. The molecule has 1 aromatic rings. The zero-order valence-corrected chi connectivity index (χ0v) is 13.3. The fourth-order valence-electron chi connectivity index (χ4n) is 2.33. The summed E-state index contributed by atoms with van der Waals surface area (Å²) in [4.78, 5) is 24.8. The maximum Gasteiger partial charge on any atom is 0.238 e. The molecule has 2 rings (SSSR count). The van der Waals surface area contributed by atoms with Crippen molar-refractivity contribution in [2.75, 3.05) is 25.0 Å². The van der Waals surface area contributed by atoms with Gasteiger partial charge in [0.25, 0.3) is 0 Å². The van der Waals surface area contributed by atoms with E-state index in [0.29, 0.717) is 17.3 Å². The molecule has 1 heterocycles. The van der Waals surface area contributed by atoms with Crippen molar-refractivity contribution < 1.29 is 9.59 Å². The van der Waals surface area contributed by atoms with Crippen LogP contribution in [0.4, 0.5) is 5.69 Å². The molecule has 6 heteroatoms. The molecular weight excluding hydrogens is 344 g/mol. The highest BCUT2D eigenvalue weighted by Gasteiger charge is 2.21. The third-order valence-corrected chi connectivity index (χ3v) is 4.11. The second kappa shape index (κ2) is 7.20. The molecule has 0 saturated carbocycles. The van der Waals surface area contributed by atoms with E-state index in [9.17, 15) is 9.59 Å². The van der Waals surface area contributed by atoms with E-state index in [1.165, 1.54) is 0 Å². The maximum absolute atomic E-state index is 12.0. The first-order chi connectivity index (χ1) is 9.58. The molecule has 1 atom stereocenters. The van der Waals surface area contributed by atoms with E-state index < -0.39 is 0 Å². The van der Waals surface area contributed by atoms with Crippen molar-refractivity contribution in [3.05, 3.63) is 27.7 Å². The molecule has 0 aliphatic carbocycles. The Morgan fingerprint density at radius 3 is 3.05 bits per heavy atom. The number of amides is 1. The van der Waals surface area contributed by atoms with Gasteiger partial charge in [0, 0.05) is 16.9 Å². The van der Waals surface area contributed by atoms with E-state index in [2.05, 4.69) is 21.2 Å². The van der Waals surface area contributed by atoms with Crippen molar-refractivity contribution in [1.29, 1.82) is 0 Å². The Morgan fingerprint density at radius 2 is 2.35 bits per heavy atom. The maximum atomic E-state index is 12.0. The largest absolute Gasteiger partial charge is 0.324 e. The Labute approximate surface area is 131 Å². The summed E-state index contributed by atoms with van der Waals surface area (Å²) in [6, 6.07) is 5.32. The minimum atomic E-state index is -0.110. The van der Waals surface area contributed by atoms with Gasteiger partial charge in [-0.15, -0.1) is 0 Å². The second-order valence-electron chi connectivity index (χ2n) is 4.95. The van der Waals surface area contributed by atoms with E-state index >= 15 is 0 Å². The lowest BCUT2D eigenvalue weighted by Crippen LogP contribution is -2.40. The summed E-state index contributed by atoms with van der Waals surface area (Å²) in [5, 5.41) is 3.29. The van der Waals surface area contributed by atoms with E-state index in [0.717, 1.165) is 30.1 Å². The van der Waals surface area contributed by atoms with Crippen molar-refractivity contribution in [2.24, 2.45) is 5.92 Å². The van der Waals surface area contributed by atoms with Crippen LogP contribution in [0.3, 0.4) is 0 Å². The van der Waals surface area contributed by atoms with Gasteiger partial charge in [0.15, 0.2) is 0 Å². The molecule has 1 saturated heterocycles. The van der Waals surface area contributed by atoms with Crippen LogP contribution >= 0.6 is 27.5 Å². The van der Waals surface area contributed by atoms with Crippen LogP contribution in [0.2, 0.25) is 5.02 Å². The summed E-state index contributed by atoms with van der Waals surface area (Å²) < 4.78 is 0.866. The highest BCUT2D eigenvalue weighted by molar-refractivity contribution is 9.10. The third kappa shape index (κ3) is 4.30. The molecule has 4 nitrogen and oxygen atoms in total. The summed E-state index contributed by atoms with van der Waals surface area (Å²) in [7, 11) is 0. The normalized spacial score (nSPS) is 19.6. The molecule has 0 radical (unpaired) electrons. The lowest BCUT2D eigenvalue weighted by molar-refractivity contribution is -0.119. The predicted octanol–water partition coefficient (Wildman–Crippen LogP) is 2.95. The number of hydrogen-bond acceptors (Lipinski definition) is 3. The molecule has 0 bridgehead atoms.